The van der Waals surface area contributed by atoms with E-state index in [0.29, 0.717) is 6.04 Å². The molecule has 0 atom stereocenters. The highest BCUT2D eigenvalue weighted by atomic mass is 15.3. The van der Waals surface area contributed by atoms with Crippen LogP contribution in [0.4, 0.5) is 11.8 Å². The van der Waals surface area contributed by atoms with Gasteiger partial charge in [0.25, 0.3) is 0 Å². The largest absolute Gasteiger partial charge is 0.367 e. The zero-order valence-corrected chi connectivity index (χ0v) is 16.4. The third-order valence-electron chi connectivity index (χ3n) is 5.78. The fourth-order valence-electron chi connectivity index (χ4n) is 4.05. The van der Waals surface area contributed by atoms with Crippen molar-refractivity contribution in [2.75, 3.05) is 43.4 Å². The van der Waals surface area contributed by atoms with Gasteiger partial charge in [-0.2, -0.15) is 4.98 Å². The van der Waals surface area contributed by atoms with Crippen molar-refractivity contribution in [2.45, 2.75) is 44.6 Å². The normalized spacial score (nSPS) is 19.7. The average molecular weight is 366 g/mol. The van der Waals surface area contributed by atoms with Crippen molar-refractivity contribution < 1.29 is 0 Å². The SMILES string of the molecule is CN1CCN(c2nc(NC3CCCCCC3)cc(-c3ccccc3)n2)CC1. The molecule has 5 heteroatoms. The van der Waals surface area contributed by atoms with Crippen LogP contribution in [-0.2, 0) is 0 Å². The minimum Gasteiger partial charge on any atom is -0.367 e. The minimum atomic E-state index is 0.534. The second-order valence-electron chi connectivity index (χ2n) is 7.93. The van der Waals surface area contributed by atoms with Crippen LogP contribution in [0.5, 0.6) is 0 Å². The van der Waals surface area contributed by atoms with E-state index in [2.05, 4.69) is 58.6 Å². The van der Waals surface area contributed by atoms with Crippen molar-refractivity contribution in [2.24, 2.45) is 0 Å². The first-order valence-corrected chi connectivity index (χ1v) is 10.4. The summed E-state index contributed by atoms with van der Waals surface area (Å²) in [6.45, 7) is 4.09. The molecule has 1 saturated carbocycles. The first kappa shape index (κ1) is 18.2. The number of piperazine rings is 1. The Morgan fingerprint density at radius 1 is 0.889 bits per heavy atom. The third kappa shape index (κ3) is 4.78. The van der Waals surface area contributed by atoms with Crippen molar-refractivity contribution in [3.8, 4) is 11.3 Å². The number of benzene rings is 1. The van der Waals surface area contributed by atoms with Gasteiger partial charge in [0.1, 0.15) is 5.82 Å². The van der Waals surface area contributed by atoms with Gasteiger partial charge < -0.3 is 15.1 Å². The van der Waals surface area contributed by atoms with Gasteiger partial charge >= 0.3 is 0 Å². The lowest BCUT2D eigenvalue weighted by Gasteiger charge is -2.32. The van der Waals surface area contributed by atoms with Crippen LogP contribution in [0.3, 0.4) is 0 Å². The third-order valence-corrected chi connectivity index (χ3v) is 5.78. The number of nitrogens with one attached hydrogen (secondary N) is 1. The molecule has 1 aliphatic carbocycles. The Bertz CT molecular complexity index is 717. The van der Waals surface area contributed by atoms with Gasteiger partial charge in [0, 0.05) is 43.9 Å². The van der Waals surface area contributed by atoms with Gasteiger partial charge in [-0.05, 0) is 19.9 Å². The van der Waals surface area contributed by atoms with Crippen molar-refractivity contribution in [1.29, 1.82) is 0 Å². The Hall–Kier alpha value is -2.14. The molecule has 5 nitrogen and oxygen atoms in total. The van der Waals surface area contributed by atoms with Crippen molar-refractivity contribution in [3.63, 3.8) is 0 Å². The predicted molar refractivity (Wildman–Crippen MR) is 112 cm³/mol. The van der Waals surface area contributed by atoms with Gasteiger partial charge in [-0.15, -0.1) is 0 Å². The van der Waals surface area contributed by atoms with Crippen LogP contribution >= 0.6 is 0 Å². The number of likely N-dealkylation sites (N-methyl/N-ethyl adjacent to an activating group) is 1. The molecule has 2 aliphatic rings. The predicted octanol–water partition coefficient (Wildman–Crippen LogP) is 4.03. The summed E-state index contributed by atoms with van der Waals surface area (Å²) in [5, 5.41) is 3.73. The second kappa shape index (κ2) is 8.70. The minimum absolute atomic E-state index is 0.534. The molecule has 144 valence electrons. The average Bonchev–Trinajstić information content (AvgIpc) is 2.98. The number of rotatable bonds is 4. The fraction of sp³-hybridized carbons (Fsp3) is 0.545. The molecule has 2 fully saturated rings. The lowest BCUT2D eigenvalue weighted by molar-refractivity contribution is 0.311. The summed E-state index contributed by atoms with van der Waals surface area (Å²) in [6.07, 6.45) is 7.86. The zero-order chi connectivity index (χ0) is 18.5. The van der Waals surface area contributed by atoms with Gasteiger partial charge in [0.05, 0.1) is 5.69 Å². The highest BCUT2D eigenvalue weighted by Gasteiger charge is 2.19. The van der Waals surface area contributed by atoms with Crippen LogP contribution in [0.25, 0.3) is 11.3 Å². The molecule has 1 N–H and O–H groups in total. The van der Waals surface area contributed by atoms with Crippen LogP contribution < -0.4 is 10.2 Å². The van der Waals surface area contributed by atoms with Crippen molar-refractivity contribution >= 4 is 11.8 Å². The van der Waals surface area contributed by atoms with E-state index in [1.165, 1.54) is 38.5 Å². The van der Waals surface area contributed by atoms with E-state index in [-0.39, 0.29) is 0 Å². The summed E-state index contributed by atoms with van der Waals surface area (Å²) in [6, 6.07) is 13.1. The number of aromatic nitrogens is 2. The molecule has 0 spiro atoms. The van der Waals surface area contributed by atoms with Crippen LogP contribution in [-0.4, -0.2) is 54.1 Å². The Balaban J connectivity index is 1.61. The van der Waals surface area contributed by atoms with E-state index in [0.717, 1.165) is 49.2 Å². The Kier molecular flexibility index (Phi) is 5.87. The molecule has 0 amide bonds. The maximum Gasteiger partial charge on any atom is 0.227 e. The van der Waals surface area contributed by atoms with E-state index < -0.39 is 0 Å². The van der Waals surface area contributed by atoms with Crippen LogP contribution in [0.15, 0.2) is 36.4 Å². The smallest absolute Gasteiger partial charge is 0.227 e. The molecule has 1 saturated heterocycles. The molecule has 1 aliphatic heterocycles. The van der Waals surface area contributed by atoms with Crippen LogP contribution in [0, 0.1) is 0 Å². The molecule has 2 heterocycles. The van der Waals surface area contributed by atoms with E-state index in [4.69, 9.17) is 9.97 Å². The molecule has 4 rings (SSSR count). The highest BCUT2D eigenvalue weighted by Crippen LogP contribution is 2.26. The lowest BCUT2D eigenvalue weighted by Crippen LogP contribution is -2.45. The number of hydrogen-bond donors (Lipinski definition) is 1. The number of nitrogens with zero attached hydrogens (tertiary/aromatic N) is 4. The number of hydrogen-bond acceptors (Lipinski definition) is 5. The van der Waals surface area contributed by atoms with Gasteiger partial charge in [-0.1, -0.05) is 56.0 Å². The topological polar surface area (TPSA) is 44.3 Å². The second-order valence-corrected chi connectivity index (χ2v) is 7.93. The molecular formula is C22H31N5. The van der Waals surface area contributed by atoms with Crippen LogP contribution in [0.1, 0.15) is 38.5 Å². The van der Waals surface area contributed by atoms with E-state index in [9.17, 15) is 0 Å². The molecule has 0 bridgehead atoms. The first-order valence-electron chi connectivity index (χ1n) is 10.4. The summed E-state index contributed by atoms with van der Waals surface area (Å²) < 4.78 is 0. The fourth-order valence-corrected chi connectivity index (χ4v) is 4.05. The molecule has 0 unspecified atom stereocenters. The summed E-state index contributed by atoms with van der Waals surface area (Å²) in [5.74, 6) is 1.84. The molecule has 27 heavy (non-hydrogen) atoms. The quantitative estimate of drug-likeness (QED) is 0.829. The Labute approximate surface area is 162 Å². The van der Waals surface area contributed by atoms with Gasteiger partial charge in [0.15, 0.2) is 0 Å². The van der Waals surface area contributed by atoms with Gasteiger partial charge in [-0.3, -0.25) is 0 Å². The highest BCUT2D eigenvalue weighted by molar-refractivity contribution is 5.64. The first-order chi connectivity index (χ1) is 13.3. The van der Waals surface area contributed by atoms with E-state index in [1.54, 1.807) is 0 Å². The van der Waals surface area contributed by atoms with Gasteiger partial charge in [0.2, 0.25) is 5.95 Å². The molecule has 1 aromatic carbocycles. The van der Waals surface area contributed by atoms with Crippen molar-refractivity contribution in [1.82, 2.24) is 14.9 Å². The molecule has 2 aromatic rings. The summed E-state index contributed by atoms with van der Waals surface area (Å²) >= 11 is 0. The maximum absolute atomic E-state index is 4.92. The lowest BCUT2D eigenvalue weighted by atomic mass is 10.1. The number of anilines is 2. The van der Waals surface area contributed by atoms with E-state index in [1.807, 2.05) is 0 Å². The molecule has 0 radical (unpaired) electrons. The summed E-state index contributed by atoms with van der Waals surface area (Å²) in [5.41, 5.74) is 2.16. The van der Waals surface area contributed by atoms with E-state index >= 15 is 0 Å². The summed E-state index contributed by atoms with van der Waals surface area (Å²) in [7, 11) is 2.18. The zero-order valence-electron chi connectivity index (χ0n) is 16.4. The maximum atomic E-state index is 4.92. The standard InChI is InChI=1S/C22H31N5/c1-26-13-15-27(16-14-26)22-24-20(18-9-5-4-6-10-18)17-21(25-22)23-19-11-7-2-3-8-12-19/h4-6,9-10,17,19H,2-3,7-8,11-16H2,1H3,(H,23,24,25). The van der Waals surface area contributed by atoms with Crippen molar-refractivity contribution in [3.05, 3.63) is 36.4 Å². The monoisotopic (exact) mass is 365 g/mol. The van der Waals surface area contributed by atoms with Gasteiger partial charge in [-0.25, -0.2) is 4.98 Å². The summed E-state index contributed by atoms with van der Waals surface area (Å²) in [4.78, 5) is 14.5. The Morgan fingerprint density at radius 2 is 1.59 bits per heavy atom. The molecule has 1 aromatic heterocycles. The van der Waals surface area contributed by atoms with Crippen LogP contribution in [0.2, 0.25) is 0 Å². The molecular weight excluding hydrogens is 334 g/mol. The Morgan fingerprint density at radius 3 is 2.30 bits per heavy atom.